The van der Waals surface area contributed by atoms with Gasteiger partial charge in [-0.15, -0.1) is 0 Å². The number of rotatable bonds is 4. The van der Waals surface area contributed by atoms with Crippen molar-refractivity contribution in [1.29, 1.82) is 0 Å². The van der Waals surface area contributed by atoms with Gasteiger partial charge in [-0.25, -0.2) is 8.42 Å². The third kappa shape index (κ3) is 3.90. The summed E-state index contributed by atoms with van der Waals surface area (Å²) in [5.74, 6) is -0.543. The van der Waals surface area contributed by atoms with Crippen LogP contribution in [0, 0.1) is 19.8 Å². The van der Waals surface area contributed by atoms with E-state index in [0.29, 0.717) is 30.4 Å². The maximum absolute atomic E-state index is 13.3. The lowest BCUT2D eigenvalue weighted by atomic mass is 9.98. The van der Waals surface area contributed by atoms with Gasteiger partial charge in [-0.05, 0) is 56.0 Å². The molecule has 0 bridgehead atoms. The monoisotopic (exact) mass is 430 g/mol. The van der Waals surface area contributed by atoms with Gasteiger partial charge in [-0.3, -0.25) is 4.79 Å². The minimum absolute atomic E-state index is 0.146. The maximum Gasteiger partial charge on any atom is 0.245 e. The molecule has 0 spiro atoms. The molecule has 29 heavy (non-hydrogen) atoms. The highest BCUT2D eigenvalue weighted by molar-refractivity contribution is 7.89. The molecule has 7 nitrogen and oxygen atoms in total. The summed E-state index contributed by atoms with van der Waals surface area (Å²) in [4.78, 5) is 13.0. The minimum Gasteiger partial charge on any atom is -0.326 e. The van der Waals surface area contributed by atoms with Crippen molar-refractivity contribution in [2.45, 2.75) is 31.6 Å². The first-order chi connectivity index (χ1) is 13.9. The minimum atomic E-state index is -3.76. The van der Waals surface area contributed by atoms with E-state index in [9.17, 15) is 13.2 Å². The highest BCUT2D eigenvalue weighted by Crippen LogP contribution is 2.29. The molecular weight excluding hydrogens is 408 g/mol. The summed E-state index contributed by atoms with van der Waals surface area (Å²) in [5, 5.41) is 2.98. The van der Waals surface area contributed by atoms with E-state index >= 15 is 0 Å². The molecule has 1 N–H and O–H groups in total. The van der Waals surface area contributed by atoms with Gasteiger partial charge < -0.3 is 5.32 Å². The Morgan fingerprint density at radius 1 is 1.21 bits per heavy atom. The Morgan fingerprint density at radius 3 is 2.86 bits per heavy atom. The zero-order valence-corrected chi connectivity index (χ0v) is 17.9. The molecule has 1 aliphatic heterocycles. The second kappa shape index (κ2) is 7.81. The van der Waals surface area contributed by atoms with Crippen molar-refractivity contribution in [3.8, 4) is 0 Å². The molecule has 152 valence electrons. The molecule has 0 saturated carbocycles. The predicted octanol–water partition coefficient (Wildman–Crippen LogP) is 3.35. The van der Waals surface area contributed by atoms with Gasteiger partial charge in [-0.2, -0.15) is 13.1 Å². The molecule has 3 aromatic rings. The number of amides is 1. The van der Waals surface area contributed by atoms with Crippen LogP contribution in [0.25, 0.3) is 11.0 Å². The van der Waals surface area contributed by atoms with Gasteiger partial charge >= 0.3 is 0 Å². The van der Waals surface area contributed by atoms with Crippen molar-refractivity contribution in [3.05, 3.63) is 47.5 Å². The fraction of sp³-hybridized carbons (Fsp3) is 0.350. The number of piperidine rings is 1. The summed E-state index contributed by atoms with van der Waals surface area (Å²) < 4.78 is 36.2. The van der Waals surface area contributed by atoms with E-state index in [1.54, 1.807) is 18.2 Å². The Bertz CT molecular complexity index is 1170. The van der Waals surface area contributed by atoms with E-state index in [1.165, 1.54) is 4.31 Å². The second-order valence-corrected chi connectivity index (χ2v) is 9.83. The van der Waals surface area contributed by atoms with Crippen molar-refractivity contribution in [2.75, 3.05) is 18.4 Å². The standard InChI is InChI=1S/C20H22N4O3S2/c1-13-8-9-14(2)17(11-13)21-20(25)15-5-4-10-24(12-15)29(26,27)18-7-3-6-16-19(18)23-28-22-16/h3,6-9,11,15H,4-5,10,12H2,1-2H3,(H,21,25)/t15-/m0/s1. The van der Waals surface area contributed by atoms with Crippen LogP contribution in [0.3, 0.4) is 0 Å². The number of carbonyl (C=O) groups excluding carboxylic acids is 1. The summed E-state index contributed by atoms with van der Waals surface area (Å²) in [6.45, 7) is 4.46. The lowest BCUT2D eigenvalue weighted by molar-refractivity contribution is -0.120. The van der Waals surface area contributed by atoms with E-state index in [0.717, 1.165) is 28.5 Å². The number of aromatic nitrogens is 2. The Kier molecular flexibility index (Phi) is 5.37. The average Bonchev–Trinajstić information content (AvgIpc) is 3.19. The molecule has 4 rings (SSSR count). The summed E-state index contributed by atoms with van der Waals surface area (Å²) in [5.41, 5.74) is 3.76. The van der Waals surface area contributed by atoms with Gasteiger partial charge in [-0.1, -0.05) is 18.2 Å². The molecule has 1 saturated heterocycles. The van der Waals surface area contributed by atoms with Gasteiger partial charge in [0, 0.05) is 18.8 Å². The van der Waals surface area contributed by atoms with E-state index in [-0.39, 0.29) is 17.3 Å². The first kappa shape index (κ1) is 19.9. The number of carbonyl (C=O) groups is 1. The number of sulfonamides is 1. The van der Waals surface area contributed by atoms with E-state index in [4.69, 9.17) is 0 Å². The van der Waals surface area contributed by atoms with Crippen LogP contribution in [-0.4, -0.2) is 40.5 Å². The lowest BCUT2D eigenvalue weighted by Crippen LogP contribution is -2.43. The average molecular weight is 431 g/mol. The lowest BCUT2D eigenvalue weighted by Gasteiger charge is -2.31. The van der Waals surface area contributed by atoms with Crippen LogP contribution >= 0.6 is 11.7 Å². The van der Waals surface area contributed by atoms with Crippen LogP contribution in [0.1, 0.15) is 24.0 Å². The molecule has 1 aliphatic rings. The van der Waals surface area contributed by atoms with Gasteiger partial charge in [0.2, 0.25) is 15.9 Å². The third-order valence-corrected chi connectivity index (χ3v) is 7.71. The highest BCUT2D eigenvalue weighted by atomic mass is 32.2. The number of aryl methyl sites for hydroxylation is 2. The molecule has 0 aliphatic carbocycles. The molecule has 9 heteroatoms. The summed E-state index contributed by atoms with van der Waals surface area (Å²) >= 11 is 0.992. The van der Waals surface area contributed by atoms with E-state index < -0.39 is 15.9 Å². The van der Waals surface area contributed by atoms with E-state index in [2.05, 4.69) is 14.1 Å². The Hall–Kier alpha value is -2.36. The molecule has 0 radical (unpaired) electrons. The van der Waals surface area contributed by atoms with Crippen molar-refractivity contribution in [3.63, 3.8) is 0 Å². The fourth-order valence-electron chi connectivity index (χ4n) is 3.61. The number of hydrogen-bond donors (Lipinski definition) is 1. The fourth-order valence-corrected chi connectivity index (χ4v) is 5.88. The predicted molar refractivity (Wildman–Crippen MR) is 113 cm³/mol. The molecule has 2 heterocycles. The summed E-state index contributed by atoms with van der Waals surface area (Å²) in [7, 11) is -3.76. The van der Waals surface area contributed by atoms with Gasteiger partial charge in [0.25, 0.3) is 0 Å². The number of benzene rings is 2. The normalized spacial score (nSPS) is 18.1. The van der Waals surface area contributed by atoms with Crippen LogP contribution in [0.4, 0.5) is 5.69 Å². The Balaban J connectivity index is 1.55. The molecule has 1 atom stereocenters. The van der Waals surface area contributed by atoms with Crippen LogP contribution in [-0.2, 0) is 14.8 Å². The SMILES string of the molecule is Cc1ccc(C)c(NC(=O)[C@H]2CCCN(S(=O)(=O)c3cccc4nsnc34)C2)c1. The number of hydrogen-bond acceptors (Lipinski definition) is 6. The maximum atomic E-state index is 13.3. The zero-order chi connectivity index (χ0) is 20.6. The van der Waals surface area contributed by atoms with Crippen LogP contribution in [0.2, 0.25) is 0 Å². The van der Waals surface area contributed by atoms with Crippen molar-refractivity contribution in [2.24, 2.45) is 5.92 Å². The van der Waals surface area contributed by atoms with Crippen molar-refractivity contribution >= 4 is 44.4 Å². The van der Waals surface area contributed by atoms with Gasteiger partial charge in [0.1, 0.15) is 15.9 Å². The summed E-state index contributed by atoms with van der Waals surface area (Å²) in [6, 6.07) is 10.9. The van der Waals surface area contributed by atoms with Crippen LogP contribution < -0.4 is 5.32 Å². The first-order valence-electron chi connectivity index (χ1n) is 9.46. The third-order valence-electron chi connectivity index (χ3n) is 5.27. The van der Waals surface area contributed by atoms with E-state index in [1.807, 2.05) is 32.0 Å². The first-order valence-corrected chi connectivity index (χ1v) is 11.6. The van der Waals surface area contributed by atoms with Crippen molar-refractivity contribution < 1.29 is 13.2 Å². The van der Waals surface area contributed by atoms with Crippen LogP contribution in [0.5, 0.6) is 0 Å². The van der Waals surface area contributed by atoms with Crippen LogP contribution in [0.15, 0.2) is 41.3 Å². The quantitative estimate of drug-likeness (QED) is 0.685. The number of nitrogens with one attached hydrogen (secondary N) is 1. The number of anilines is 1. The topological polar surface area (TPSA) is 92.3 Å². The Morgan fingerprint density at radius 2 is 2.03 bits per heavy atom. The van der Waals surface area contributed by atoms with Gasteiger partial charge in [0.05, 0.1) is 17.6 Å². The molecule has 1 fully saturated rings. The highest BCUT2D eigenvalue weighted by Gasteiger charge is 2.34. The summed E-state index contributed by atoms with van der Waals surface area (Å²) in [6.07, 6.45) is 1.29. The second-order valence-electron chi connectivity index (χ2n) is 7.40. The molecule has 2 aromatic carbocycles. The zero-order valence-electron chi connectivity index (χ0n) is 16.3. The largest absolute Gasteiger partial charge is 0.326 e. The molecule has 1 aromatic heterocycles. The smallest absolute Gasteiger partial charge is 0.245 e. The van der Waals surface area contributed by atoms with Gasteiger partial charge in [0.15, 0.2) is 0 Å². The number of nitrogens with zero attached hydrogens (tertiary/aromatic N) is 3. The number of fused-ring (bicyclic) bond motifs is 1. The Labute approximate surface area is 174 Å². The molecule has 1 amide bonds. The van der Waals surface area contributed by atoms with Crippen molar-refractivity contribution in [1.82, 2.24) is 13.1 Å². The molecular formula is C20H22N4O3S2. The molecule has 0 unspecified atom stereocenters.